The van der Waals surface area contributed by atoms with Crippen molar-refractivity contribution in [1.82, 2.24) is 4.98 Å². The third-order valence-corrected chi connectivity index (χ3v) is 4.83. The lowest BCUT2D eigenvalue weighted by Gasteiger charge is -2.39. The summed E-state index contributed by atoms with van der Waals surface area (Å²) in [5.41, 5.74) is -1.37. The van der Waals surface area contributed by atoms with Crippen LogP contribution in [0.2, 0.25) is 0 Å². The highest BCUT2D eigenvalue weighted by Gasteiger charge is 2.36. The van der Waals surface area contributed by atoms with Gasteiger partial charge in [0.25, 0.3) is 0 Å². The molecule has 0 amide bonds. The van der Waals surface area contributed by atoms with E-state index in [1.165, 1.54) is 20.3 Å². The number of piperidine rings is 1. The van der Waals surface area contributed by atoms with E-state index in [1.54, 1.807) is 29.2 Å². The number of hydrogen-bond donors (Lipinski definition) is 1. The predicted octanol–water partition coefficient (Wildman–Crippen LogP) is 3.61. The van der Waals surface area contributed by atoms with Crippen LogP contribution >= 0.6 is 0 Å². The first-order valence-corrected chi connectivity index (χ1v) is 8.50. The Balaban J connectivity index is 1.79. The van der Waals surface area contributed by atoms with Gasteiger partial charge in [0.2, 0.25) is 0 Å². The largest absolute Gasteiger partial charge is 0.497 e. The molecular weight excluding hydrogens is 361 g/mol. The van der Waals surface area contributed by atoms with Crippen molar-refractivity contribution in [2.24, 2.45) is 0 Å². The molecular formula is C19H21F3N2O3. The summed E-state index contributed by atoms with van der Waals surface area (Å²) in [6.07, 6.45) is -3.79. The molecule has 0 radical (unpaired) electrons. The fraction of sp³-hybridized carbons (Fsp3) is 0.421. The fourth-order valence-corrected chi connectivity index (χ4v) is 3.23. The number of benzene rings is 1. The number of hydrogen-bond acceptors (Lipinski definition) is 5. The maximum Gasteiger partial charge on any atom is 0.433 e. The van der Waals surface area contributed by atoms with Gasteiger partial charge in [-0.3, -0.25) is 0 Å². The Morgan fingerprint density at radius 1 is 1.04 bits per heavy atom. The number of pyridine rings is 1. The minimum Gasteiger partial charge on any atom is -0.497 e. The van der Waals surface area contributed by atoms with Crippen LogP contribution in [0.3, 0.4) is 0 Å². The molecule has 2 aromatic rings. The van der Waals surface area contributed by atoms with Crippen molar-refractivity contribution in [3.63, 3.8) is 0 Å². The van der Waals surface area contributed by atoms with Crippen LogP contribution in [0.5, 0.6) is 11.5 Å². The van der Waals surface area contributed by atoms with Crippen LogP contribution in [0, 0.1) is 0 Å². The zero-order chi connectivity index (χ0) is 19.7. The molecule has 1 saturated heterocycles. The molecule has 3 rings (SSSR count). The monoisotopic (exact) mass is 382 g/mol. The van der Waals surface area contributed by atoms with Gasteiger partial charge in [0.1, 0.15) is 23.0 Å². The van der Waals surface area contributed by atoms with Gasteiger partial charge in [-0.1, -0.05) is 6.07 Å². The van der Waals surface area contributed by atoms with Gasteiger partial charge in [-0.2, -0.15) is 13.2 Å². The number of methoxy groups -OCH3 is 2. The van der Waals surface area contributed by atoms with Crippen LogP contribution in [0.4, 0.5) is 19.0 Å². The minimum absolute atomic E-state index is 0.259. The highest BCUT2D eigenvalue weighted by molar-refractivity contribution is 5.44. The number of anilines is 1. The van der Waals surface area contributed by atoms with Gasteiger partial charge in [-0.05, 0) is 42.7 Å². The molecule has 0 spiro atoms. The molecule has 5 nitrogen and oxygen atoms in total. The molecule has 8 heteroatoms. The first-order valence-electron chi connectivity index (χ1n) is 8.50. The molecule has 2 heterocycles. The van der Waals surface area contributed by atoms with Crippen molar-refractivity contribution in [3.8, 4) is 11.5 Å². The topological polar surface area (TPSA) is 54.8 Å². The molecule has 1 N–H and O–H groups in total. The van der Waals surface area contributed by atoms with Gasteiger partial charge in [-0.15, -0.1) is 0 Å². The molecule has 0 bridgehead atoms. The molecule has 0 unspecified atom stereocenters. The van der Waals surface area contributed by atoms with Crippen molar-refractivity contribution in [1.29, 1.82) is 0 Å². The van der Waals surface area contributed by atoms with E-state index in [0.717, 1.165) is 6.07 Å². The van der Waals surface area contributed by atoms with Crippen LogP contribution in [0.1, 0.15) is 24.1 Å². The molecule has 1 aromatic heterocycles. The molecule has 1 aromatic carbocycles. The number of nitrogens with zero attached hydrogens (tertiary/aromatic N) is 2. The van der Waals surface area contributed by atoms with Gasteiger partial charge in [0, 0.05) is 19.2 Å². The molecule has 0 aliphatic carbocycles. The highest BCUT2D eigenvalue weighted by Crippen LogP contribution is 2.38. The number of halogens is 3. The lowest BCUT2D eigenvalue weighted by Crippen LogP contribution is -2.43. The second-order valence-electron chi connectivity index (χ2n) is 6.50. The number of rotatable bonds is 4. The van der Waals surface area contributed by atoms with E-state index in [4.69, 9.17) is 9.47 Å². The van der Waals surface area contributed by atoms with E-state index in [1.807, 2.05) is 0 Å². The van der Waals surface area contributed by atoms with Gasteiger partial charge in [0.15, 0.2) is 0 Å². The summed E-state index contributed by atoms with van der Waals surface area (Å²) in [5, 5.41) is 11.1. The maximum absolute atomic E-state index is 12.9. The minimum atomic E-state index is -4.48. The second-order valence-corrected chi connectivity index (χ2v) is 6.50. The number of alkyl halides is 3. The molecule has 1 aliphatic heterocycles. The Hall–Kier alpha value is -2.48. The highest BCUT2D eigenvalue weighted by atomic mass is 19.4. The van der Waals surface area contributed by atoms with E-state index in [2.05, 4.69) is 4.98 Å². The summed E-state index contributed by atoms with van der Waals surface area (Å²) < 4.78 is 49.1. The molecule has 0 atom stereocenters. The van der Waals surface area contributed by atoms with Gasteiger partial charge in [0.05, 0.1) is 19.8 Å². The summed E-state index contributed by atoms with van der Waals surface area (Å²) >= 11 is 0. The van der Waals surface area contributed by atoms with Crippen molar-refractivity contribution in [2.45, 2.75) is 24.6 Å². The fourth-order valence-electron chi connectivity index (χ4n) is 3.23. The Morgan fingerprint density at radius 3 is 2.15 bits per heavy atom. The predicted molar refractivity (Wildman–Crippen MR) is 94.1 cm³/mol. The zero-order valence-electron chi connectivity index (χ0n) is 15.1. The number of aliphatic hydroxyl groups is 1. The molecule has 1 aliphatic rings. The normalized spacial score (nSPS) is 16.9. The average molecular weight is 382 g/mol. The first-order chi connectivity index (χ1) is 12.7. The van der Waals surface area contributed by atoms with Crippen molar-refractivity contribution < 1.29 is 27.8 Å². The number of ether oxygens (including phenoxy) is 2. The third-order valence-electron chi connectivity index (χ3n) is 4.83. The molecule has 1 fully saturated rings. The van der Waals surface area contributed by atoms with E-state index >= 15 is 0 Å². The van der Waals surface area contributed by atoms with Gasteiger partial charge in [-0.25, -0.2) is 4.98 Å². The van der Waals surface area contributed by atoms with Gasteiger partial charge >= 0.3 is 6.18 Å². The van der Waals surface area contributed by atoms with Crippen molar-refractivity contribution >= 4 is 5.82 Å². The van der Waals surface area contributed by atoms with Crippen molar-refractivity contribution in [2.75, 3.05) is 32.2 Å². The smallest absolute Gasteiger partial charge is 0.433 e. The van der Waals surface area contributed by atoms with E-state index in [0.29, 0.717) is 43.0 Å². The first kappa shape index (κ1) is 19.3. The molecule has 146 valence electrons. The Morgan fingerprint density at radius 2 is 1.63 bits per heavy atom. The third kappa shape index (κ3) is 4.10. The van der Waals surface area contributed by atoms with Crippen LogP contribution in [0.25, 0.3) is 0 Å². The summed E-state index contributed by atoms with van der Waals surface area (Å²) in [6.45, 7) is 0.759. The lowest BCUT2D eigenvalue weighted by molar-refractivity contribution is -0.141. The van der Waals surface area contributed by atoms with E-state index in [-0.39, 0.29) is 5.82 Å². The Bertz CT molecular complexity index is 781. The van der Waals surface area contributed by atoms with Crippen LogP contribution in [-0.2, 0) is 11.8 Å². The van der Waals surface area contributed by atoms with E-state index in [9.17, 15) is 18.3 Å². The zero-order valence-corrected chi connectivity index (χ0v) is 15.1. The standard InChI is InChI=1S/C19H21F3N2O3/c1-26-14-10-13(11-15(12-14)27-2)18(25)6-8-24(9-7-18)17-5-3-4-16(23-17)19(20,21)22/h3-5,10-12,25H,6-9H2,1-2H3. The molecule has 27 heavy (non-hydrogen) atoms. The summed E-state index contributed by atoms with van der Waals surface area (Å²) in [4.78, 5) is 5.47. The molecule has 0 saturated carbocycles. The van der Waals surface area contributed by atoms with Gasteiger partial charge < -0.3 is 19.5 Å². The van der Waals surface area contributed by atoms with E-state index < -0.39 is 17.5 Å². The quantitative estimate of drug-likeness (QED) is 0.876. The second kappa shape index (κ2) is 7.26. The Labute approximate surface area is 155 Å². The van der Waals surface area contributed by atoms with Crippen LogP contribution in [-0.4, -0.2) is 37.4 Å². The SMILES string of the molecule is COc1cc(OC)cc(C2(O)CCN(c3cccc(C(F)(F)F)n3)CC2)c1. The Kier molecular flexibility index (Phi) is 5.19. The van der Waals surface area contributed by atoms with Crippen LogP contribution in [0.15, 0.2) is 36.4 Å². The summed E-state index contributed by atoms with van der Waals surface area (Å²) in [5.74, 6) is 1.40. The van der Waals surface area contributed by atoms with Crippen molar-refractivity contribution in [3.05, 3.63) is 47.7 Å². The average Bonchev–Trinajstić information content (AvgIpc) is 2.67. The summed E-state index contributed by atoms with van der Waals surface area (Å²) in [6, 6.07) is 9.06. The number of aromatic nitrogens is 1. The van der Waals surface area contributed by atoms with Crippen LogP contribution < -0.4 is 14.4 Å². The summed E-state index contributed by atoms with van der Waals surface area (Å²) in [7, 11) is 3.06. The lowest BCUT2D eigenvalue weighted by atomic mass is 9.84. The maximum atomic E-state index is 12.9.